The number of furan rings is 2. The second-order valence-corrected chi connectivity index (χ2v) is 11.1. The first kappa shape index (κ1) is 18.6. The number of para-hydroxylation sites is 1. The Morgan fingerprint density at radius 3 is 2.24 bits per heavy atom. The molecule has 0 spiro atoms. The Morgan fingerprint density at radius 1 is 0.459 bits per heavy atom. The van der Waals surface area contributed by atoms with Crippen LogP contribution < -0.4 is 0 Å². The zero-order valence-electron chi connectivity index (χ0n) is 19.5. The number of hydrogen-bond donors (Lipinski definition) is 0. The van der Waals surface area contributed by atoms with Crippen LogP contribution in [0.15, 0.2) is 106 Å². The topological polar surface area (TPSA) is 26.3 Å². The van der Waals surface area contributed by atoms with Crippen molar-refractivity contribution in [3.63, 3.8) is 0 Å². The van der Waals surface area contributed by atoms with Gasteiger partial charge in [0.05, 0.1) is 0 Å². The van der Waals surface area contributed by atoms with Gasteiger partial charge in [0.1, 0.15) is 22.3 Å². The number of fused-ring (bicyclic) bond motifs is 4. The first-order chi connectivity index (χ1) is 18.3. The van der Waals surface area contributed by atoms with Crippen LogP contribution in [-0.2, 0) is 0 Å². The van der Waals surface area contributed by atoms with E-state index in [4.69, 9.17) is 8.83 Å². The quantitative estimate of drug-likeness (QED) is 0.230. The molecular weight excluding hydrogens is 472 g/mol. The van der Waals surface area contributed by atoms with Gasteiger partial charge >= 0.3 is 0 Å². The van der Waals surface area contributed by atoms with Gasteiger partial charge in [0.25, 0.3) is 0 Å². The molecule has 3 heterocycles. The smallest absolute Gasteiger partial charge is 0.136 e. The molecule has 3 heteroatoms. The lowest BCUT2D eigenvalue weighted by Crippen LogP contribution is -1.87. The molecule has 10 rings (SSSR count). The minimum absolute atomic E-state index is 0.921. The summed E-state index contributed by atoms with van der Waals surface area (Å²) in [5.41, 5.74) is 8.67. The van der Waals surface area contributed by atoms with Crippen molar-refractivity contribution in [3.05, 3.63) is 97.1 Å². The fourth-order valence-electron chi connectivity index (χ4n) is 6.70. The van der Waals surface area contributed by atoms with E-state index >= 15 is 0 Å². The molecule has 0 N–H and O–H groups in total. The predicted octanol–water partition coefficient (Wildman–Crippen LogP) is 10.7. The maximum Gasteiger partial charge on any atom is 0.136 e. The van der Waals surface area contributed by atoms with Crippen molar-refractivity contribution in [2.24, 2.45) is 0 Å². The van der Waals surface area contributed by atoms with Crippen molar-refractivity contribution in [2.45, 2.75) is 0 Å². The van der Waals surface area contributed by atoms with Gasteiger partial charge in [-0.1, -0.05) is 54.6 Å². The zero-order valence-corrected chi connectivity index (χ0v) is 20.3. The van der Waals surface area contributed by atoms with Crippen molar-refractivity contribution in [1.29, 1.82) is 0 Å². The molecule has 0 amide bonds. The summed E-state index contributed by atoms with van der Waals surface area (Å²) in [6.07, 6.45) is 0. The van der Waals surface area contributed by atoms with Gasteiger partial charge in [0.15, 0.2) is 0 Å². The van der Waals surface area contributed by atoms with E-state index in [2.05, 4.69) is 84.9 Å². The zero-order chi connectivity index (χ0) is 23.8. The summed E-state index contributed by atoms with van der Waals surface area (Å²) in [5, 5.41) is 10.0. The van der Waals surface area contributed by atoms with Crippen LogP contribution in [0.1, 0.15) is 0 Å². The van der Waals surface area contributed by atoms with Crippen molar-refractivity contribution < 1.29 is 8.83 Å². The van der Waals surface area contributed by atoms with Crippen LogP contribution in [0.25, 0.3) is 97.1 Å². The molecular formula is C34H16O2S. The van der Waals surface area contributed by atoms with Crippen LogP contribution in [0.5, 0.6) is 0 Å². The van der Waals surface area contributed by atoms with E-state index in [0.29, 0.717) is 0 Å². The molecule has 0 unspecified atom stereocenters. The maximum atomic E-state index is 6.42. The lowest BCUT2D eigenvalue weighted by atomic mass is 9.90. The Kier molecular flexibility index (Phi) is 3.12. The number of thiophene rings is 1. The first-order valence-electron chi connectivity index (χ1n) is 12.5. The standard InChI is InChI=1S/C34H16O2S/c1-2-6-23-20(4-1)21-11-8-18(16-26(21)35-23)19-12-15-28-34-30(19)22-5-3-7-24-31(22)32-25(36-24)13-9-17-10-14-27(37-28)33(34)29(17)32/h1-16H. The highest BCUT2D eigenvalue weighted by Crippen LogP contribution is 2.54. The van der Waals surface area contributed by atoms with Gasteiger partial charge in [0.2, 0.25) is 0 Å². The molecule has 0 saturated carbocycles. The highest BCUT2D eigenvalue weighted by molar-refractivity contribution is 7.26. The number of rotatable bonds is 1. The summed E-state index contributed by atoms with van der Waals surface area (Å²) in [6, 6.07) is 34.9. The summed E-state index contributed by atoms with van der Waals surface area (Å²) in [4.78, 5) is 0. The Hall–Kier alpha value is -4.60. The molecule has 3 aromatic heterocycles. The normalized spacial score (nSPS) is 12.9. The molecule has 0 aliphatic heterocycles. The Bertz CT molecular complexity index is 2460. The third-order valence-electron chi connectivity index (χ3n) is 8.20. The van der Waals surface area contributed by atoms with Crippen LogP contribution in [0, 0.1) is 0 Å². The third kappa shape index (κ3) is 2.15. The molecule has 0 saturated heterocycles. The lowest BCUT2D eigenvalue weighted by Gasteiger charge is -2.13. The minimum Gasteiger partial charge on any atom is -0.456 e. The second kappa shape index (κ2) is 6.20. The third-order valence-corrected chi connectivity index (χ3v) is 9.32. The molecule has 9 aromatic rings. The van der Waals surface area contributed by atoms with Gasteiger partial charge in [-0.3, -0.25) is 0 Å². The first-order valence-corrected chi connectivity index (χ1v) is 13.3. The van der Waals surface area contributed by atoms with E-state index in [-0.39, 0.29) is 0 Å². The van der Waals surface area contributed by atoms with Crippen molar-refractivity contribution >= 4 is 86.2 Å². The molecule has 0 bridgehead atoms. The van der Waals surface area contributed by atoms with E-state index in [0.717, 1.165) is 38.7 Å². The lowest BCUT2D eigenvalue weighted by molar-refractivity contribution is 0.668. The summed E-state index contributed by atoms with van der Waals surface area (Å²) in [6.45, 7) is 0. The largest absolute Gasteiger partial charge is 0.456 e. The van der Waals surface area contributed by atoms with E-state index in [9.17, 15) is 0 Å². The van der Waals surface area contributed by atoms with Crippen molar-refractivity contribution in [2.75, 3.05) is 0 Å². The van der Waals surface area contributed by atoms with E-state index in [1.54, 1.807) is 0 Å². The highest BCUT2D eigenvalue weighted by atomic mass is 32.1. The van der Waals surface area contributed by atoms with Crippen LogP contribution in [0.4, 0.5) is 0 Å². The summed E-state index contributed by atoms with van der Waals surface area (Å²) in [7, 11) is 0. The number of benzene rings is 6. The SMILES string of the molecule is c1ccc2c(c1)oc1cc(-c3ccc4sc5ccc6ccc7oc8cccc9c8c7c6c5c4c3-9)ccc12. The minimum atomic E-state index is 0.921. The Balaban J connectivity index is 1.43. The van der Waals surface area contributed by atoms with Crippen LogP contribution in [-0.4, -0.2) is 0 Å². The molecule has 0 radical (unpaired) electrons. The summed E-state index contributed by atoms with van der Waals surface area (Å²) >= 11 is 1.88. The second-order valence-electron chi connectivity index (χ2n) is 10.0. The summed E-state index contributed by atoms with van der Waals surface area (Å²) < 4.78 is 15.3. The molecule has 2 nitrogen and oxygen atoms in total. The van der Waals surface area contributed by atoms with Crippen LogP contribution in [0.3, 0.4) is 0 Å². The van der Waals surface area contributed by atoms with Gasteiger partial charge in [-0.05, 0) is 70.1 Å². The van der Waals surface area contributed by atoms with Crippen LogP contribution >= 0.6 is 11.3 Å². The maximum absolute atomic E-state index is 6.42. The molecule has 1 aliphatic carbocycles. The fourth-order valence-corrected chi connectivity index (χ4v) is 7.82. The molecule has 37 heavy (non-hydrogen) atoms. The highest BCUT2D eigenvalue weighted by Gasteiger charge is 2.26. The average molecular weight is 489 g/mol. The van der Waals surface area contributed by atoms with Crippen molar-refractivity contribution in [1.82, 2.24) is 0 Å². The molecule has 170 valence electrons. The van der Waals surface area contributed by atoms with Gasteiger partial charge in [-0.2, -0.15) is 0 Å². The van der Waals surface area contributed by atoms with Gasteiger partial charge in [0, 0.05) is 47.1 Å². The van der Waals surface area contributed by atoms with Crippen LogP contribution in [0.2, 0.25) is 0 Å². The Labute approximate surface area is 213 Å². The van der Waals surface area contributed by atoms with Gasteiger partial charge in [-0.15, -0.1) is 11.3 Å². The predicted molar refractivity (Wildman–Crippen MR) is 156 cm³/mol. The van der Waals surface area contributed by atoms with E-state index in [1.165, 1.54) is 58.4 Å². The van der Waals surface area contributed by atoms with Gasteiger partial charge in [-0.25, -0.2) is 0 Å². The molecule has 6 aromatic carbocycles. The average Bonchev–Trinajstić information content (AvgIpc) is 3.59. The molecule has 0 fully saturated rings. The van der Waals surface area contributed by atoms with E-state index < -0.39 is 0 Å². The molecule has 0 atom stereocenters. The van der Waals surface area contributed by atoms with Crippen molar-refractivity contribution in [3.8, 4) is 22.3 Å². The fraction of sp³-hybridized carbons (Fsp3) is 0. The number of hydrogen-bond acceptors (Lipinski definition) is 3. The summed E-state index contributed by atoms with van der Waals surface area (Å²) in [5.74, 6) is 0. The Morgan fingerprint density at radius 2 is 1.24 bits per heavy atom. The monoisotopic (exact) mass is 488 g/mol. The molecule has 1 aliphatic rings. The van der Waals surface area contributed by atoms with E-state index in [1.807, 2.05) is 23.5 Å². The van der Waals surface area contributed by atoms with Gasteiger partial charge < -0.3 is 8.83 Å².